The lowest BCUT2D eigenvalue weighted by atomic mass is 10.0. The Kier molecular flexibility index (Phi) is 5.93. The highest BCUT2D eigenvalue weighted by Crippen LogP contribution is 2.35. The topological polar surface area (TPSA) is 93.0 Å². The fourth-order valence-electron chi connectivity index (χ4n) is 3.80. The summed E-state index contributed by atoms with van der Waals surface area (Å²) in [5.41, 5.74) is 0.432. The molecule has 27 heavy (non-hydrogen) atoms. The highest BCUT2D eigenvalue weighted by atomic mass is 16.6. The number of nitro groups is 1. The first-order valence-corrected chi connectivity index (χ1v) is 9.49. The molecule has 1 saturated carbocycles. The minimum Gasteiger partial charge on any atom is -0.489 e. The van der Waals surface area contributed by atoms with Crippen molar-refractivity contribution in [3.05, 3.63) is 28.3 Å². The van der Waals surface area contributed by atoms with Crippen molar-refractivity contribution in [1.82, 2.24) is 4.90 Å². The van der Waals surface area contributed by atoms with Gasteiger partial charge in [0, 0.05) is 19.0 Å². The predicted octanol–water partition coefficient (Wildman–Crippen LogP) is 2.75. The monoisotopic (exact) mass is 375 g/mol. The van der Waals surface area contributed by atoms with Gasteiger partial charge in [0.05, 0.1) is 23.2 Å². The number of amides is 2. The first-order chi connectivity index (χ1) is 13.0. The molecule has 0 unspecified atom stereocenters. The molecule has 1 fully saturated rings. The van der Waals surface area contributed by atoms with Crippen LogP contribution in [0.15, 0.2) is 18.2 Å². The highest BCUT2D eigenvalue weighted by molar-refractivity contribution is 5.98. The fraction of sp³-hybridized carbons (Fsp3) is 0.579. The summed E-state index contributed by atoms with van der Waals surface area (Å²) in [4.78, 5) is 39.0. The number of hydrogen-bond donors (Lipinski definition) is 0. The molecule has 0 atom stereocenters. The average Bonchev–Trinajstić information content (AvgIpc) is 3.17. The normalized spacial score (nSPS) is 16.6. The van der Waals surface area contributed by atoms with Gasteiger partial charge < -0.3 is 14.5 Å². The number of rotatable bonds is 6. The Bertz CT molecular complexity index is 730. The van der Waals surface area contributed by atoms with Crippen LogP contribution in [0.5, 0.6) is 5.75 Å². The van der Waals surface area contributed by atoms with Crippen LogP contribution in [0.4, 0.5) is 11.4 Å². The van der Waals surface area contributed by atoms with Crippen molar-refractivity contribution < 1.29 is 19.2 Å². The summed E-state index contributed by atoms with van der Waals surface area (Å²) in [5.74, 6) is 0.584. The van der Waals surface area contributed by atoms with Gasteiger partial charge in [-0.25, -0.2) is 0 Å². The summed E-state index contributed by atoms with van der Waals surface area (Å²) >= 11 is 0. The van der Waals surface area contributed by atoms with Crippen LogP contribution in [0, 0.1) is 16.0 Å². The van der Waals surface area contributed by atoms with Crippen LogP contribution < -0.4 is 9.64 Å². The average molecular weight is 375 g/mol. The Labute approximate surface area is 158 Å². The van der Waals surface area contributed by atoms with Gasteiger partial charge in [0.25, 0.3) is 5.69 Å². The third-order valence-electron chi connectivity index (χ3n) is 5.32. The van der Waals surface area contributed by atoms with Crippen LogP contribution in [-0.4, -0.2) is 47.9 Å². The Balaban J connectivity index is 1.68. The molecule has 146 valence electrons. The van der Waals surface area contributed by atoms with E-state index in [9.17, 15) is 19.7 Å². The smallest absolute Gasteiger partial charge is 0.273 e. The number of ether oxygens (including phenoxy) is 1. The Morgan fingerprint density at radius 3 is 2.74 bits per heavy atom. The molecule has 0 spiro atoms. The van der Waals surface area contributed by atoms with Crippen molar-refractivity contribution in [2.24, 2.45) is 5.92 Å². The Morgan fingerprint density at radius 1 is 1.33 bits per heavy atom. The van der Waals surface area contributed by atoms with Gasteiger partial charge in [0.15, 0.2) is 0 Å². The lowest BCUT2D eigenvalue weighted by Gasteiger charge is -2.31. The summed E-state index contributed by atoms with van der Waals surface area (Å²) in [5, 5.41) is 10.9. The molecule has 1 aromatic rings. The van der Waals surface area contributed by atoms with E-state index in [0.717, 1.165) is 12.8 Å². The number of nitrogens with zero attached hydrogens (tertiary/aromatic N) is 3. The van der Waals surface area contributed by atoms with E-state index in [-0.39, 0.29) is 30.7 Å². The summed E-state index contributed by atoms with van der Waals surface area (Å²) in [6, 6.07) is 4.22. The number of carbonyl (C=O) groups is 2. The molecular weight excluding hydrogens is 350 g/mol. The molecule has 3 rings (SSSR count). The number of likely N-dealkylation sites (N-methyl/N-ethyl adjacent to an activating group) is 1. The molecule has 0 radical (unpaired) electrons. The van der Waals surface area contributed by atoms with E-state index in [4.69, 9.17) is 4.74 Å². The SMILES string of the molecule is CCN(CC(=O)N1CCOc2cc([N+](=O)[O-])ccc21)C(=O)CC1CCCC1. The molecule has 0 aromatic heterocycles. The molecule has 0 N–H and O–H groups in total. The van der Waals surface area contributed by atoms with Gasteiger partial charge in [-0.1, -0.05) is 12.8 Å². The number of non-ortho nitro benzene ring substituents is 1. The molecule has 2 aliphatic rings. The Morgan fingerprint density at radius 2 is 2.07 bits per heavy atom. The number of carbonyl (C=O) groups excluding carboxylic acids is 2. The van der Waals surface area contributed by atoms with Crippen LogP contribution in [-0.2, 0) is 9.59 Å². The van der Waals surface area contributed by atoms with Crippen LogP contribution in [0.25, 0.3) is 0 Å². The molecule has 1 aliphatic heterocycles. The van der Waals surface area contributed by atoms with E-state index in [1.807, 2.05) is 6.92 Å². The standard InChI is InChI=1S/C19H25N3O5/c1-2-20(18(23)11-14-5-3-4-6-14)13-19(24)21-9-10-27-17-12-15(22(25)26)7-8-16(17)21/h7-8,12,14H,2-6,9-11,13H2,1H3. The maximum atomic E-state index is 12.8. The molecule has 0 bridgehead atoms. The van der Waals surface area contributed by atoms with Gasteiger partial charge in [-0.05, 0) is 31.7 Å². The number of benzene rings is 1. The summed E-state index contributed by atoms with van der Waals surface area (Å²) in [7, 11) is 0. The molecule has 1 aliphatic carbocycles. The molecule has 1 heterocycles. The van der Waals surface area contributed by atoms with Crippen molar-refractivity contribution >= 4 is 23.2 Å². The molecule has 2 amide bonds. The lowest BCUT2D eigenvalue weighted by molar-refractivity contribution is -0.384. The maximum Gasteiger partial charge on any atom is 0.273 e. The number of fused-ring (bicyclic) bond motifs is 1. The first-order valence-electron chi connectivity index (χ1n) is 9.49. The second-order valence-electron chi connectivity index (χ2n) is 7.07. The van der Waals surface area contributed by atoms with Crippen LogP contribution >= 0.6 is 0 Å². The minimum atomic E-state index is -0.495. The Hall–Kier alpha value is -2.64. The minimum absolute atomic E-state index is 0.0124. The predicted molar refractivity (Wildman–Crippen MR) is 99.8 cm³/mol. The van der Waals surface area contributed by atoms with Crippen molar-refractivity contribution in [1.29, 1.82) is 0 Å². The van der Waals surface area contributed by atoms with Gasteiger partial charge in [0.1, 0.15) is 18.9 Å². The maximum absolute atomic E-state index is 12.8. The summed E-state index contributed by atoms with van der Waals surface area (Å²) in [6.07, 6.45) is 5.05. The first kappa shape index (κ1) is 19.1. The number of hydrogen-bond acceptors (Lipinski definition) is 5. The second kappa shape index (κ2) is 8.37. The van der Waals surface area contributed by atoms with E-state index >= 15 is 0 Å². The van der Waals surface area contributed by atoms with Gasteiger partial charge in [-0.15, -0.1) is 0 Å². The second-order valence-corrected chi connectivity index (χ2v) is 7.07. The molecule has 8 heteroatoms. The number of anilines is 1. The van der Waals surface area contributed by atoms with E-state index in [2.05, 4.69) is 0 Å². The summed E-state index contributed by atoms with van der Waals surface area (Å²) < 4.78 is 5.48. The quantitative estimate of drug-likeness (QED) is 0.563. The van der Waals surface area contributed by atoms with Gasteiger partial charge in [-0.2, -0.15) is 0 Å². The van der Waals surface area contributed by atoms with E-state index in [0.29, 0.717) is 36.9 Å². The fourth-order valence-corrected chi connectivity index (χ4v) is 3.80. The zero-order valence-electron chi connectivity index (χ0n) is 15.6. The largest absolute Gasteiger partial charge is 0.489 e. The lowest BCUT2D eigenvalue weighted by Crippen LogP contribution is -2.46. The number of nitro benzene ring substituents is 1. The zero-order chi connectivity index (χ0) is 19.4. The third kappa shape index (κ3) is 4.37. The van der Waals surface area contributed by atoms with Crippen molar-refractivity contribution in [2.75, 3.05) is 31.1 Å². The molecule has 1 aromatic carbocycles. The van der Waals surface area contributed by atoms with Crippen molar-refractivity contribution in [3.63, 3.8) is 0 Å². The highest BCUT2D eigenvalue weighted by Gasteiger charge is 2.28. The van der Waals surface area contributed by atoms with Gasteiger partial charge >= 0.3 is 0 Å². The van der Waals surface area contributed by atoms with Crippen molar-refractivity contribution in [3.8, 4) is 5.75 Å². The molecule has 8 nitrogen and oxygen atoms in total. The van der Waals surface area contributed by atoms with Crippen molar-refractivity contribution in [2.45, 2.75) is 39.0 Å². The molecule has 0 saturated heterocycles. The van der Waals surface area contributed by atoms with Crippen LogP contribution in [0.2, 0.25) is 0 Å². The van der Waals surface area contributed by atoms with Gasteiger partial charge in [-0.3, -0.25) is 19.7 Å². The zero-order valence-corrected chi connectivity index (χ0v) is 15.6. The van der Waals surface area contributed by atoms with Crippen LogP contribution in [0.1, 0.15) is 39.0 Å². The van der Waals surface area contributed by atoms with E-state index in [1.165, 1.54) is 31.0 Å². The van der Waals surface area contributed by atoms with E-state index < -0.39 is 4.92 Å². The molecular formula is C19H25N3O5. The van der Waals surface area contributed by atoms with E-state index in [1.54, 1.807) is 9.80 Å². The summed E-state index contributed by atoms with van der Waals surface area (Å²) in [6.45, 7) is 2.99. The third-order valence-corrected chi connectivity index (χ3v) is 5.32. The van der Waals surface area contributed by atoms with Crippen LogP contribution in [0.3, 0.4) is 0 Å². The van der Waals surface area contributed by atoms with Gasteiger partial charge in [0.2, 0.25) is 11.8 Å².